The number of aromatic nitrogens is 2. The zero-order chi connectivity index (χ0) is 20.5. The molecule has 2 N–H and O–H groups in total. The number of hydrogen-bond donors (Lipinski definition) is 2. The Morgan fingerprint density at radius 2 is 1.96 bits per heavy atom. The molecule has 0 aliphatic heterocycles. The van der Waals surface area contributed by atoms with Crippen LogP contribution in [0.5, 0.6) is 0 Å². The van der Waals surface area contributed by atoms with E-state index in [4.69, 9.17) is 16.1 Å². The van der Waals surface area contributed by atoms with Gasteiger partial charge in [-0.2, -0.15) is 4.98 Å². The molecule has 1 heterocycles. The van der Waals surface area contributed by atoms with Crippen molar-refractivity contribution in [2.24, 2.45) is 4.99 Å². The molecule has 154 valence electrons. The minimum absolute atomic E-state index is 0.400. The summed E-state index contributed by atoms with van der Waals surface area (Å²) in [4.78, 5) is 11.1. The molecule has 0 saturated heterocycles. The summed E-state index contributed by atoms with van der Waals surface area (Å²) in [6.45, 7) is 11.2. The van der Waals surface area contributed by atoms with Crippen molar-refractivity contribution in [3.63, 3.8) is 0 Å². The molecule has 2 aromatic rings. The van der Waals surface area contributed by atoms with Gasteiger partial charge in [-0.1, -0.05) is 28.9 Å². The van der Waals surface area contributed by atoms with E-state index in [9.17, 15) is 0 Å². The molecule has 0 spiro atoms. The van der Waals surface area contributed by atoms with E-state index in [0.717, 1.165) is 25.1 Å². The molecule has 0 atom stereocenters. The molecule has 0 aliphatic rings. The predicted octanol–water partition coefficient (Wildman–Crippen LogP) is 3.56. The average molecular weight is 407 g/mol. The summed E-state index contributed by atoms with van der Waals surface area (Å²) in [5.41, 5.74) is 0.824. The van der Waals surface area contributed by atoms with Crippen molar-refractivity contribution < 1.29 is 4.52 Å². The minimum Gasteiger partial charge on any atom is -0.356 e. The monoisotopic (exact) mass is 406 g/mol. The highest BCUT2D eigenvalue weighted by atomic mass is 35.5. The third kappa shape index (κ3) is 6.80. The molecule has 8 heteroatoms. The van der Waals surface area contributed by atoms with Gasteiger partial charge in [-0.15, -0.1) is 0 Å². The number of halogens is 1. The molecule has 0 bridgehead atoms. The second-order valence-electron chi connectivity index (χ2n) is 7.15. The molecule has 0 saturated carbocycles. The lowest BCUT2D eigenvalue weighted by atomic mass is 10.2. The Bertz CT molecular complexity index is 751. The Morgan fingerprint density at radius 1 is 1.21 bits per heavy atom. The van der Waals surface area contributed by atoms with Gasteiger partial charge in [-0.05, 0) is 46.2 Å². The van der Waals surface area contributed by atoms with E-state index >= 15 is 0 Å². The third-order valence-electron chi connectivity index (χ3n) is 4.39. The van der Waals surface area contributed by atoms with Gasteiger partial charge in [0.15, 0.2) is 5.96 Å². The lowest BCUT2D eigenvalue weighted by Gasteiger charge is -2.30. The molecule has 1 aromatic heterocycles. The van der Waals surface area contributed by atoms with Crippen molar-refractivity contribution in [1.29, 1.82) is 0 Å². The van der Waals surface area contributed by atoms with Crippen molar-refractivity contribution in [1.82, 2.24) is 25.7 Å². The van der Waals surface area contributed by atoms with Crippen LogP contribution in [0.4, 0.5) is 0 Å². The fourth-order valence-corrected chi connectivity index (χ4v) is 3.22. The Labute approximate surface area is 172 Å². The normalized spacial score (nSPS) is 12.2. The number of nitrogens with one attached hydrogen (secondary N) is 2. The summed E-state index contributed by atoms with van der Waals surface area (Å²) in [5, 5.41) is 11.2. The van der Waals surface area contributed by atoms with Crippen LogP contribution >= 0.6 is 11.6 Å². The molecule has 0 fully saturated rings. The van der Waals surface area contributed by atoms with Gasteiger partial charge < -0.3 is 15.2 Å². The van der Waals surface area contributed by atoms with Crippen LogP contribution in [0.3, 0.4) is 0 Å². The summed E-state index contributed by atoms with van der Waals surface area (Å²) in [6.07, 6.45) is 1.04. The molecular formula is C20H31ClN6O. The lowest BCUT2D eigenvalue weighted by molar-refractivity contribution is 0.173. The Balaban J connectivity index is 1.78. The highest BCUT2D eigenvalue weighted by Gasteiger charge is 2.13. The minimum atomic E-state index is 0.400. The average Bonchev–Trinajstić information content (AvgIpc) is 3.12. The second-order valence-corrected chi connectivity index (χ2v) is 7.59. The summed E-state index contributed by atoms with van der Waals surface area (Å²) in [6, 6.07) is 8.46. The number of rotatable bonds is 9. The number of guanidine groups is 1. The Hall–Kier alpha value is -2.12. The zero-order valence-electron chi connectivity index (χ0n) is 17.4. The molecule has 0 amide bonds. The first-order chi connectivity index (χ1) is 13.4. The first-order valence-electron chi connectivity index (χ1n) is 9.69. The van der Waals surface area contributed by atoms with Gasteiger partial charge in [0.2, 0.25) is 11.7 Å². The standard InChI is InChI=1S/C20H31ClN6O/c1-14(2)27(15(3)4)11-7-10-23-20(22-5)24-13-18-25-19(26-28-18)16-8-6-9-17(21)12-16/h6,8-9,12,14-15H,7,10-11,13H2,1-5H3,(H2,22,23,24). The molecule has 0 aliphatic carbocycles. The highest BCUT2D eigenvalue weighted by molar-refractivity contribution is 6.30. The van der Waals surface area contributed by atoms with Gasteiger partial charge in [0.25, 0.3) is 0 Å². The van der Waals surface area contributed by atoms with E-state index in [-0.39, 0.29) is 0 Å². The van der Waals surface area contributed by atoms with Gasteiger partial charge in [0, 0.05) is 42.8 Å². The van der Waals surface area contributed by atoms with E-state index in [1.165, 1.54) is 0 Å². The molecule has 2 rings (SSSR count). The van der Waals surface area contributed by atoms with Crippen molar-refractivity contribution in [3.8, 4) is 11.4 Å². The van der Waals surface area contributed by atoms with E-state index in [1.807, 2.05) is 24.3 Å². The Morgan fingerprint density at radius 3 is 2.61 bits per heavy atom. The molecular weight excluding hydrogens is 376 g/mol. The van der Waals surface area contributed by atoms with E-state index < -0.39 is 0 Å². The fraction of sp³-hybridized carbons (Fsp3) is 0.550. The highest BCUT2D eigenvalue weighted by Crippen LogP contribution is 2.19. The van der Waals surface area contributed by atoms with Gasteiger partial charge in [-0.25, -0.2) is 0 Å². The molecule has 1 aromatic carbocycles. The van der Waals surface area contributed by atoms with Gasteiger partial charge in [0.05, 0.1) is 6.54 Å². The SMILES string of the molecule is CN=C(NCCCN(C(C)C)C(C)C)NCc1nc(-c2cccc(Cl)c2)no1. The largest absolute Gasteiger partial charge is 0.356 e. The quantitative estimate of drug-likeness (QED) is 0.376. The van der Waals surface area contributed by atoms with Crippen LogP contribution in [0.25, 0.3) is 11.4 Å². The lowest BCUT2D eigenvalue weighted by Crippen LogP contribution is -2.41. The van der Waals surface area contributed by atoms with Crippen LogP contribution in [0.2, 0.25) is 5.02 Å². The van der Waals surface area contributed by atoms with Gasteiger partial charge >= 0.3 is 0 Å². The topological polar surface area (TPSA) is 78.6 Å². The van der Waals surface area contributed by atoms with Crippen LogP contribution < -0.4 is 10.6 Å². The first-order valence-corrected chi connectivity index (χ1v) is 10.1. The fourth-order valence-electron chi connectivity index (χ4n) is 3.03. The van der Waals surface area contributed by atoms with Crippen molar-refractivity contribution in [2.45, 2.75) is 52.7 Å². The summed E-state index contributed by atoms with van der Waals surface area (Å²) in [5.74, 6) is 1.72. The van der Waals surface area contributed by atoms with Crippen molar-refractivity contribution in [2.75, 3.05) is 20.1 Å². The number of benzene rings is 1. The summed E-state index contributed by atoms with van der Waals surface area (Å²) < 4.78 is 5.31. The maximum Gasteiger partial charge on any atom is 0.246 e. The van der Waals surface area contributed by atoms with Crippen LogP contribution in [-0.4, -0.2) is 53.2 Å². The van der Waals surface area contributed by atoms with Crippen LogP contribution in [-0.2, 0) is 6.54 Å². The maximum absolute atomic E-state index is 6.01. The number of hydrogen-bond acceptors (Lipinski definition) is 5. The van der Waals surface area contributed by atoms with Crippen LogP contribution in [0.15, 0.2) is 33.8 Å². The zero-order valence-corrected chi connectivity index (χ0v) is 18.1. The number of aliphatic imine (C=N–C) groups is 1. The van der Waals surface area contributed by atoms with E-state index in [0.29, 0.717) is 41.3 Å². The van der Waals surface area contributed by atoms with E-state index in [2.05, 4.69) is 58.4 Å². The van der Waals surface area contributed by atoms with Gasteiger partial charge in [0.1, 0.15) is 0 Å². The van der Waals surface area contributed by atoms with Crippen LogP contribution in [0, 0.1) is 0 Å². The maximum atomic E-state index is 6.01. The Kier molecular flexibility index (Phi) is 8.73. The van der Waals surface area contributed by atoms with E-state index in [1.54, 1.807) is 7.05 Å². The van der Waals surface area contributed by atoms with Crippen molar-refractivity contribution in [3.05, 3.63) is 35.2 Å². The van der Waals surface area contributed by atoms with Gasteiger partial charge in [-0.3, -0.25) is 9.89 Å². The molecule has 0 radical (unpaired) electrons. The molecule has 7 nitrogen and oxygen atoms in total. The van der Waals surface area contributed by atoms with Crippen molar-refractivity contribution >= 4 is 17.6 Å². The summed E-state index contributed by atoms with van der Waals surface area (Å²) in [7, 11) is 1.75. The molecule has 28 heavy (non-hydrogen) atoms. The smallest absolute Gasteiger partial charge is 0.246 e. The summed E-state index contributed by atoms with van der Waals surface area (Å²) >= 11 is 6.01. The predicted molar refractivity (Wildman–Crippen MR) is 115 cm³/mol. The third-order valence-corrected chi connectivity index (χ3v) is 4.63. The second kappa shape index (κ2) is 11.0. The first kappa shape index (κ1) is 22.2. The molecule has 0 unspecified atom stereocenters. The van der Waals surface area contributed by atoms with Crippen LogP contribution in [0.1, 0.15) is 40.0 Å². The number of nitrogens with zero attached hydrogens (tertiary/aromatic N) is 4.